The van der Waals surface area contributed by atoms with Crippen molar-refractivity contribution in [3.8, 4) is 0 Å². The Kier molecular flexibility index (Phi) is 6.31. The van der Waals surface area contributed by atoms with Crippen molar-refractivity contribution in [3.63, 3.8) is 0 Å². The first-order valence-corrected chi connectivity index (χ1v) is 8.72. The highest BCUT2D eigenvalue weighted by Gasteiger charge is 2.16. The Bertz CT molecular complexity index is 502. The fraction of sp³-hybridized carbons (Fsp3) is 0.632. The predicted molar refractivity (Wildman–Crippen MR) is 94.6 cm³/mol. The lowest BCUT2D eigenvalue weighted by atomic mass is 9.89. The second-order valence-electron chi connectivity index (χ2n) is 7.44. The van der Waals surface area contributed by atoms with Gasteiger partial charge in [0.15, 0.2) is 0 Å². The fourth-order valence-corrected chi connectivity index (χ4v) is 2.93. The van der Waals surface area contributed by atoms with Crippen molar-refractivity contribution in [2.75, 3.05) is 11.9 Å². The van der Waals surface area contributed by atoms with Gasteiger partial charge in [0.2, 0.25) is 0 Å². The monoisotopic (exact) mass is 318 g/mol. The number of benzene rings is 1. The van der Waals surface area contributed by atoms with E-state index in [9.17, 15) is 4.79 Å². The largest absolute Gasteiger partial charge is 0.444 e. The predicted octanol–water partition coefficient (Wildman–Crippen LogP) is 4.70. The Morgan fingerprint density at radius 3 is 2.65 bits per heavy atom. The highest BCUT2D eigenvalue weighted by atomic mass is 16.6. The molecule has 0 aliphatic heterocycles. The SMILES string of the molecule is CC(C)(C)OC(=O)NCc1cccc(NCC2CCCCC2)c1. The van der Waals surface area contributed by atoms with Crippen LogP contribution in [0.25, 0.3) is 0 Å². The number of rotatable bonds is 5. The minimum Gasteiger partial charge on any atom is -0.444 e. The van der Waals surface area contributed by atoms with E-state index in [0.717, 1.165) is 23.7 Å². The number of anilines is 1. The molecule has 1 aromatic carbocycles. The van der Waals surface area contributed by atoms with Gasteiger partial charge in [-0.1, -0.05) is 31.4 Å². The molecule has 1 aromatic rings. The van der Waals surface area contributed by atoms with Gasteiger partial charge < -0.3 is 15.4 Å². The van der Waals surface area contributed by atoms with E-state index in [1.165, 1.54) is 32.1 Å². The lowest BCUT2D eigenvalue weighted by molar-refractivity contribution is 0.0523. The maximum absolute atomic E-state index is 11.7. The Morgan fingerprint density at radius 2 is 1.96 bits per heavy atom. The Labute approximate surface area is 140 Å². The number of nitrogens with one attached hydrogen (secondary N) is 2. The van der Waals surface area contributed by atoms with Gasteiger partial charge in [0, 0.05) is 18.8 Å². The Hall–Kier alpha value is -1.71. The zero-order valence-corrected chi connectivity index (χ0v) is 14.7. The van der Waals surface area contributed by atoms with Crippen LogP contribution in [0.2, 0.25) is 0 Å². The second-order valence-corrected chi connectivity index (χ2v) is 7.44. The molecule has 0 atom stereocenters. The molecule has 0 aromatic heterocycles. The molecule has 0 saturated heterocycles. The van der Waals surface area contributed by atoms with Crippen LogP contribution >= 0.6 is 0 Å². The van der Waals surface area contributed by atoms with Gasteiger partial charge in [-0.3, -0.25) is 0 Å². The van der Waals surface area contributed by atoms with Crippen LogP contribution in [0.1, 0.15) is 58.4 Å². The number of alkyl carbamates (subject to hydrolysis) is 1. The molecule has 1 amide bonds. The summed E-state index contributed by atoms with van der Waals surface area (Å²) in [6, 6.07) is 8.22. The molecule has 4 nitrogen and oxygen atoms in total. The zero-order chi connectivity index (χ0) is 16.7. The molecule has 128 valence electrons. The first kappa shape index (κ1) is 17.6. The van der Waals surface area contributed by atoms with Crippen LogP contribution in [0, 0.1) is 5.92 Å². The third kappa shape index (κ3) is 6.93. The van der Waals surface area contributed by atoms with Gasteiger partial charge in [-0.25, -0.2) is 4.79 Å². The molecule has 0 heterocycles. The summed E-state index contributed by atoms with van der Waals surface area (Å²) >= 11 is 0. The molecule has 2 N–H and O–H groups in total. The van der Waals surface area contributed by atoms with Gasteiger partial charge in [-0.2, -0.15) is 0 Å². The van der Waals surface area contributed by atoms with Crippen LogP contribution in [-0.2, 0) is 11.3 Å². The van der Waals surface area contributed by atoms with Gasteiger partial charge >= 0.3 is 6.09 Å². The van der Waals surface area contributed by atoms with E-state index in [-0.39, 0.29) is 6.09 Å². The molecule has 0 spiro atoms. The summed E-state index contributed by atoms with van der Waals surface area (Å²) in [5.74, 6) is 0.798. The molecular formula is C19H30N2O2. The van der Waals surface area contributed by atoms with Crippen LogP contribution in [0.5, 0.6) is 0 Å². The summed E-state index contributed by atoms with van der Waals surface area (Å²) < 4.78 is 5.25. The van der Waals surface area contributed by atoms with Gasteiger partial charge in [0.05, 0.1) is 0 Å². The molecule has 1 aliphatic rings. The van der Waals surface area contributed by atoms with Crippen molar-refractivity contribution in [1.29, 1.82) is 0 Å². The third-order valence-electron chi connectivity index (χ3n) is 4.08. The summed E-state index contributed by atoms with van der Waals surface area (Å²) in [5, 5.41) is 6.34. The third-order valence-corrected chi connectivity index (χ3v) is 4.08. The average Bonchev–Trinajstić information content (AvgIpc) is 2.51. The lowest BCUT2D eigenvalue weighted by Crippen LogP contribution is -2.32. The minimum atomic E-state index is -0.465. The maximum Gasteiger partial charge on any atom is 0.407 e. The summed E-state index contributed by atoms with van der Waals surface area (Å²) in [5.41, 5.74) is 1.73. The van der Waals surface area contributed by atoms with Crippen LogP contribution in [0.15, 0.2) is 24.3 Å². The number of amides is 1. The van der Waals surface area contributed by atoms with Gasteiger partial charge in [0.25, 0.3) is 0 Å². The summed E-state index contributed by atoms with van der Waals surface area (Å²) in [7, 11) is 0. The van der Waals surface area contributed by atoms with E-state index in [1.54, 1.807) is 0 Å². The van der Waals surface area contributed by atoms with Gasteiger partial charge in [0.1, 0.15) is 5.60 Å². The highest BCUT2D eigenvalue weighted by molar-refractivity contribution is 5.67. The molecule has 1 saturated carbocycles. The van der Waals surface area contributed by atoms with Crippen molar-refractivity contribution in [1.82, 2.24) is 5.32 Å². The van der Waals surface area contributed by atoms with Crippen LogP contribution in [-0.4, -0.2) is 18.2 Å². The van der Waals surface area contributed by atoms with Crippen LogP contribution < -0.4 is 10.6 Å². The molecule has 2 rings (SSSR count). The highest BCUT2D eigenvalue weighted by Crippen LogP contribution is 2.24. The Morgan fingerprint density at radius 1 is 1.22 bits per heavy atom. The van der Waals surface area contributed by atoms with Crippen molar-refractivity contribution < 1.29 is 9.53 Å². The quantitative estimate of drug-likeness (QED) is 0.827. The molecule has 0 unspecified atom stereocenters. The second kappa shape index (κ2) is 8.23. The zero-order valence-electron chi connectivity index (χ0n) is 14.7. The first-order valence-electron chi connectivity index (χ1n) is 8.72. The topological polar surface area (TPSA) is 50.4 Å². The van der Waals surface area contributed by atoms with Crippen molar-refractivity contribution >= 4 is 11.8 Å². The van der Waals surface area contributed by atoms with E-state index in [2.05, 4.69) is 22.8 Å². The van der Waals surface area contributed by atoms with Crippen LogP contribution in [0.4, 0.5) is 10.5 Å². The first-order chi connectivity index (χ1) is 10.9. The van der Waals surface area contributed by atoms with E-state index in [1.807, 2.05) is 32.9 Å². The molecule has 0 radical (unpaired) electrons. The molecular weight excluding hydrogens is 288 g/mol. The van der Waals surface area contributed by atoms with Crippen molar-refractivity contribution in [2.24, 2.45) is 5.92 Å². The lowest BCUT2D eigenvalue weighted by Gasteiger charge is -2.22. The number of hydrogen-bond donors (Lipinski definition) is 2. The van der Waals surface area contributed by atoms with Crippen LogP contribution in [0.3, 0.4) is 0 Å². The summed E-state index contributed by atoms with van der Waals surface area (Å²) in [6.07, 6.45) is 6.43. The smallest absolute Gasteiger partial charge is 0.407 e. The normalized spacial score (nSPS) is 16.0. The van der Waals surface area contributed by atoms with E-state index in [4.69, 9.17) is 4.74 Å². The maximum atomic E-state index is 11.7. The molecule has 0 bridgehead atoms. The number of carbonyl (C=O) groups excluding carboxylic acids is 1. The fourth-order valence-electron chi connectivity index (χ4n) is 2.93. The molecule has 1 fully saturated rings. The number of carbonyl (C=O) groups is 1. The van der Waals surface area contributed by atoms with E-state index < -0.39 is 5.60 Å². The average molecular weight is 318 g/mol. The standard InChI is InChI=1S/C19H30N2O2/c1-19(2,3)23-18(22)21-14-16-10-7-11-17(12-16)20-13-15-8-5-4-6-9-15/h7,10-12,15,20H,4-6,8-9,13-14H2,1-3H3,(H,21,22). The summed E-state index contributed by atoms with van der Waals surface area (Å²) in [6.45, 7) is 7.12. The molecule has 23 heavy (non-hydrogen) atoms. The van der Waals surface area contributed by atoms with Crippen molar-refractivity contribution in [2.45, 2.75) is 65.0 Å². The summed E-state index contributed by atoms with van der Waals surface area (Å²) in [4.78, 5) is 11.7. The number of hydrogen-bond acceptors (Lipinski definition) is 3. The molecule has 1 aliphatic carbocycles. The number of ether oxygens (including phenoxy) is 1. The minimum absolute atomic E-state index is 0.377. The van der Waals surface area contributed by atoms with Gasteiger partial charge in [-0.15, -0.1) is 0 Å². The van der Waals surface area contributed by atoms with E-state index >= 15 is 0 Å². The van der Waals surface area contributed by atoms with Crippen molar-refractivity contribution in [3.05, 3.63) is 29.8 Å². The molecule has 4 heteroatoms. The van der Waals surface area contributed by atoms with Gasteiger partial charge in [-0.05, 0) is 57.2 Å². The van der Waals surface area contributed by atoms with E-state index in [0.29, 0.717) is 6.54 Å². The Balaban J connectivity index is 1.78.